The molecule has 2 aliphatic rings. The third kappa shape index (κ3) is 4.75. The van der Waals surface area contributed by atoms with Crippen molar-refractivity contribution in [2.24, 2.45) is 9.98 Å². The second kappa shape index (κ2) is 11.8. The molecule has 1 unspecified atom stereocenters. The molecular formula is C48H36N4. The fourth-order valence-electron chi connectivity index (χ4n) is 8.30. The van der Waals surface area contributed by atoms with Crippen molar-refractivity contribution in [2.45, 2.75) is 25.4 Å². The Balaban J connectivity index is 1.20. The molecule has 2 heterocycles. The predicted octanol–water partition coefficient (Wildman–Crippen LogP) is 11.3. The smallest absolute Gasteiger partial charge is 0.159 e. The van der Waals surface area contributed by atoms with Crippen LogP contribution in [0.15, 0.2) is 180 Å². The minimum atomic E-state index is -0.264. The molecular weight excluding hydrogens is 633 g/mol. The number of nitrogens with one attached hydrogen (secondary N) is 1. The molecule has 0 saturated heterocycles. The van der Waals surface area contributed by atoms with Crippen molar-refractivity contribution in [3.05, 3.63) is 198 Å². The summed E-state index contributed by atoms with van der Waals surface area (Å²) in [5.41, 5.74) is 14.3. The van der Waals surface area contributed by atoms with Crippen molar-refractivity contribution in [3.8, 4) is 27.9 Å². The van der Waals surface area contributed by atoms with Crippen LogP contribution in [0.3, 0.4) is 0 Å². The third-order valence-corrected chi connectivity index (χ3v) is 10.9. The summed E-state index contributed by atoms with van der Waals surface area (Å²) >= 11 is 0. The fraction of sp³-hybridized carbons (Fsp3) is 0.0833. The number of hydrogen-bond acceptors (Lipinski definition) is 3. The Morgan fingerprint density at radius 3 is 2.04 bits per heavy atom. The molecule has 248 valence electrons. The van der Waals surface area contributed by atoms with E-state index in [1.165, 1.54) is 55.2 Å². The van der Waals surface area contributed by atoms with Gasteiger partial charge in [0.15, 0.2) is 5.84 Å². The summed E-state index contributed by atoms with van der Waals surface area (Å²) in [5.74, 6) is 1.52. The summed E-state index contributed by atoms with van der Waals surface area (Å²) in [7, 11) is 0. The van der Waals surface area contributed by atoms with Gasteiger partial charge in [-0.2, -0.15) is 0 Å². The van der Waals surface area contributed by atoms with Crippen LogP contribution >= 0.6 is 0 Å². The first-order valence-electron chi connectivity index (χ1n) is 18.0. The zero-order valence-electron chi connectivity index (χ0n) is 29.1. The van der Waals surface area contributed by atoms with Crippen LogP contribution in [-0.2, 0) is 5.41 Å². The number of nitrogens with zero attached hydrogens (tertiary/aromatic N) is 3. The molecule has 1 aromatic heterocycles. The van der Waals surface area contributed by atoms with Crippen LogP contribution in [-0.4, -0.2) is 16.2 Å². The molecule has 1 aliphatic carbocycles. The minimum Gasteiger partial charge on any atom is -0.344 e. The first-order chi connectivity index (χ1) is 25.5. The van der Waals surface area contributed by atoms with Gasteiger partial charge < -0.3 is 9.88 Å². The van der Waals surface area contributed by atoms with Crippen LogP contribution in [0.1, 0.15) is 47.8 Å². The van der Waals surface area contributed by atoms with E-state index >= 15 is 0 Å². The normalized spacial score (nSPS) is 15.8. The Labute approximate surface area is 303 Å². The molecule has 52 heavy (non-hydrogen) atoms. The van der Waals surface area contributed by atoms with Gasteiger partial charge in [0.05, 0.1) is 11.0 Å². The minimum absolute atomic E-state index is 0.0868. The number of amidine groups is 2. The van der Waals surface area contributed by atoms with Crippen LogP contribution in [0.2, 0.25) is 0 Å². The zero-order valence-corrected chi connectivity index (χ0v) is 29.1. The number of aromatic nitrogens is 1. The number of rotatable bonds is 5. The topological polar surface area (TPSA) is 41.7 Å². The van der Waals surface area contributed by atoms with Gasteiger partial charge in [-0.3, -0.25) is 0 Å². The van der Waals surface area contributed by atoms with Crippen molar-refractivity contribution in [3.63, 3.8) is 0 Å². The van der Waals surface area contributed by atoms with Gasteiger partial charge in [-0.25, -0.2) is 9.98 Å². The lowest BCUT2D eigenvalue weighted by atomic mass is 9.82. The van der Waals surface area contributed by atoms with Gasteiger partial charge in [0, 0.05) is 33.0 Å². The lowest BCUT2D eigenvalue weighted by Crippen LogP contribution is -2.33. The van der Waals surface area contributed by atoms with E-state index in [9.17, 15) is 0 Å². The molecule has 1 atom stereocenters. The van der Waals surface area contributed by atoms with Gasteiger partial charge in [0.25, 0.3) is 0 Å². The number of fused-ring (bicyclic) bond motifs is 7. The van der Waals surface area contributed by atoms with Crippen molar-refractivity contribution >= 4 is 33.5 Å². The lowest BCUT2D eigenvalue weighted by Gasteiger charge is -2.24. The second-order valence-electron chi connectivity index (χ2n) is 14.3. The second-order valence-corrected chi connectivity index (χ2v) is 14.3. The highest BCUT2D eigenvalue weighted by molar-refractivity contribution is 6.19. The fourth-order valence-corrected chi connectivity index (χ4v) is 8.30. The predicted molar refractivity (Wildman–Crippen MR) is 216 cm³/mol. The largest absolute Gasteiger partial charge is 0.344 e. The maximum atomic E-state index is 5.13. The van der Waals surface area contributed by atoms with Gasteiger partial charge >= 0.3 is 0 Å². The highest BCUT2D eigenvalue weighted by Gasteiger charge is 2.37. The van der Waals surface area contributed by atoms with Crippen molar-refractivity contribution in [1.82, 2.24) is 9.88 Å². The van der Waals surface area contributed by atoms with Gasteiger partial charge in [-0.05, 0) is 63.2 Å². The van der Waals surface area contributed by atoms with E-state index in [0.29, 0.717) is 0 Å². The first-order valence-corrected chi connectivity index (χ1v) is 18.0. The monoisotopic (exact) mass is 668 g/mol. The van der Waals surface area contributed by atoms with Crippen LogP contribution in [0, 0.1) is 0 Å². The Morgan fingerprint density at radius 2 is 1.25 bits per heavy atom. The average Bonchev–Trinajstić information content (AvgIpc) is 3.66. The van der Waals surface area contributed by atoms with Crippen LogP contribution in [0.5, 0.6) is 0 Å². The highest BCUT2D eigenvalue weighted by atomic mass is 15.2. The molecule has 0 amide bonds. The lowest BCUT2D eigenvalue weighted by molar-refractivity contribution is 0.661. The summed E-state index contributed by atoms with van der Waals surface area (Å²) in [6.45, 7) is 4.71. The maximum absolute atomic E-state index is 5.13. The Hall–Kier alpha value is -6.52. The van der Waals surface area contributed by atoms with Crippen LogP contribution in [0.4, 0.5) is 0 Å². The summed E-state index contributed by atoms with van der Waals surface area (Å²) in [6.07, 6.45) is -0.264. The van der Waals surface area contributed by atoms with E-state index in [-0.39, 0.29) is 11.6 Å². The van der Waals surface area contributed by atoms with E-state index in [0.717, 1.165) is 34.0 Å². The van der Waals surface area contributed by atoms with E-state index in [2.05, 4.69) is 169 Å². The molecule has 10 rings (SSSR count). The van der Waals surface area contributed by atoms with Gasteiger partial charge in [0.2, 0.25) is 0 Å². The first kappa shape index (κ1) is 30.3. The molecule has 7 aromatic carbocycles. The molecule has 0 fully saturated rings. The van der Waals surface area contributed by atoms with E-state index < -0.39 is 0 Å². The quantitative estimate of drug-likeness (QED) is 0.195. The summed E-state index contributed by atoms with van der Waals surface area (Å²) < 4.78 is 2.44. The molecule has 0 spiro atoms. The summed E-state index contributed by atoms with van der Waals surface area (Å²) in [6, 6.07) is 60.7. The Morgan fingerprint density at radius 1 is 0.558 bits per heavy atom. The number of benzene rings is 7. The van der Waals surface area contributed by atoms with E-state index in [1.54, 1.807) is 0 Å². The molecule has 0 saturated carbocycles. The summed E-state index contributed by atoms with van der Waals surface area (Å²) in [4.78, 5) is 10.2. The van der Waals surface area contributed by atoms with Gasteiger partial charge in [-0.1, -0.05) is 159 Å². The van der Waals surface area contributed by atoms with Crippen LogP contribution < -0.4 is 5.32 Å². The van der Waals surface area contributed by atoms with Crippen molar-refractivity contribution < 1.29 is 0 Å². The van der Waals surface area contributed by atoms with Gasteiger partial charge in [-0.15, -0.1) is 0 Å². The summed E-state index contributed by atoms with van der Waals surface area (Å²) in [5, 5.41) is 6.22. The average molecular weight is 669 g/mol. The van der Waals surface area contributed by atoms with E-state index in [1.807, 2.05) is 24.3 Å². The standard InChI is InChI=1S/C48H36N4/c1-48(2)39-24-13-12-23-37(39)43-40(48)27-28-41-44(43)38-26-25-34(31-15-6-3-7-16-31)30-42(38)52(41)36-22-14-21-35(29-36)47-50-45(32-17-8-4-9-18-32)49-46(51-47)33-19-10-5-11-20-33/h3-30,45H,1-2H3,(H,49,50,51). The molecule has 1 N–H and O–H groups in total. The maximum Gasteiger partial charge on any atom is 0.159 e. The third-order valence-electron chi connectivity index (χ3n) is 10.9. The molecule has 1 aliphatic heterocycles. The molecule has 0 bridgehead atoms. The SMILES string of the molecule is CC1(C)c2ccccc2-c2c1ccc1c2c2ccc(-c3ccccc3)cc2n1-c1cccc(C2=NC(c3ccccc3)=NC(c3ccccc3)N2)c1. The van der Waals surface area contributed by atoms with Crippen molar-refractivity contribution in [1.29, 1.82) is 0 Å². The van der Waals surface area contributed by atoms with Gasteiger partial charge in [0.1, 0.15) is 12.0 Å². The van der Waals surface area contributed by atoms with Crippen LogP contribution in [0.25, 0.3) is 49.7 Å². The molecule has 8 aromatic rings. The highest BCUT2D eigenvalue weighted by Crippen LogP contribution is 2.53. The Kier molecular flexibility index (Phi) is 6.87. The zero-order chi connectivity index (χ0) is 34.8. The number of hydrogen-bond donors (Lipinski definition) is 1. The molecule has 4 heteroatoms. The van der Waals surface area contributed by atoms with Crippen molar-refractivity contribution in [2.75, 3.05) is 0 Å². The van der Waals surface area contributed by atoms with E-state index in [4.69, 9.17) is 9.98 Å². The number of aliphatic imine (C=N–C) groups is 2. The Bertz CT molecular complexity index is 2720. The molecule has 4 nitrogen and oxygen atoms in total. The molecule has 0 radical (unpaired) electrons.